The van der Waals surface area contributed by atoms with Gasteiger partial charge in [0, 0.05) is 56.8 Å². The molecule has 3 aromatic rings. The van der Waals surface area contributed by atoms with Crippen molar-refractivity contribution in [2.75, 3.05) is 76.4 Å². The van der Waals surface area contributed by atoms with Crippen LogP contribution in [0.1, 0.15) is 5.69 Å². The van der Waals surface area contributed by atoms with E-state index in [9.17, 15) is 0 Å². The monoisotopic (exact) mass is 454 g/mol. The van der Waals surface area contributed by atoms with Crippen molar-refractivity contribution < 1.29 is 18.7 Å². The summed E-state index contributed by atoms with van der Waals surface area (Å²) in [5, 5.41) is 11.6. The number of fused-ring (bicyclic) bond motifs is 1. The molecule has 2 aliphatic heterocycles. The number of ether oxygens (including phenoxy) is 3. The number of aromatic nitrogens is 2. The summed E-state index contributed by atoms with van der Waals surface area (Å²) in [6.07, 6.45) is 1.19. The minimum absolute atomic E-state index is 0.491. The number of pyridine rings is 1. The lowest BCUT2D eigenvalue weighted by atomic mass is 10.2. The Morgan fingerprint density at radius 1 is 1.03 bits per heavy atom. The SMILES string of the molecule is N=Cc1noc2ccccc12.Nc1cc(N2CCOCC2)cc(OCCN2CCOCC2)n1. The van der Waals surface area contributed by atoms with Gasteiger partial charge >= 0.3 is 0 Å². The molecule has 0 amide bonds. The van der Waals surface area contributed by atoms with Crippen LogP contribution in [0, 0.1) is 5.41 Å². The van der Waals surface area contributed by atoms with Gasteiger partial charge in [-0.1, -0.05) is 17.3 Å². The molecule has 0 saturated carbocycles. The molecule has 1 aromatic carbocycles. The number of benzene rings is 1. The van der Waals surface area contributed by atoms with Gasteiger partial charge in [0.2, 0.25) is 5.88 Å². The molecule has 2 aliphatic rings. The largest absolute Gasteiger partial charge is 0.476 e. The van der Waals surface area contributed by atoms with Gasteiger partial charge in [0.05, 0.1) is 31.8 Å². The number of rotatable bonds is 6. The molecule has 0 spiro atoms. The third-order valence-corrected chi connectivity index (χ3v) is 5.49. The molecule has 0 unspecified atom stereocenters. The minimum atomic E-state index is 0.491. The second kappa shape index (κ2) is 11.6. The van der Waals surface area contributed by atoms with Crippen molar-refractivity contribution in [2.45, 2.75) is 0 Å². The summed E-state index contributed by atoms with van der Waals surface area (Å²) < 4.78 is 21.4. The highest BCUT2D eigenvalue weighted by Gasteiger charge is 2.14. The van der Waals surface area contributed by atoms with E-state index >= 15 is 0 Å². The molecule has 3 N–H and O–H groups in total. The first kappa shape index (κ1) is 23.0. The van der Waals surface area contributed by atoms with Gasteiger partial charge in [0.1, 0.15) is 18.1 Å². The minimum Gasteiger partial charge on any atom is -0.476 e. The Kier molecular flexibility index (Phi) is 8.07. The predicted molar refractivity (Wildman–Crippen MR) is 126 cm³/mol. The van der Waals surface area contributed by atoms with E-state index in [-0.39, 0.29) is 0 Å². The summed E-state index contributed by atoms with van der Waals surface area (Å²) in [7, 11) is 0. The molecule has 2 fully saturated rings. The lowest BCUT2D eigenvalue weighted by Gasteiger charge is -2.29. The first-order valence-electron chi connectivity index (χ1n) is 11.1. The van der Waals surface area contributed by atoms with Gasteiger partial charge < -0.3 is 34.8 Å². The van der Waals surface area contributed by atoms with Crippen LogP contribution in [0.4, 0.5) is 11.5 Å². The number of nitrogens with one attached hydrogen (secondary N) is 1. The maximum absolute atomic E-state index is 6.99. The van der Waals surface area contributed by atoms with E-state index in [4.69, 9.17) is 29.9 Å². The molecule has 2 saturated heterocycles. The van der Waals surface area contributed by atoms with E-state index < -0.39 is 0 Å². The highest BCUT2D eigenvalue weighted by Crippen LogP contribution is 2.23. The molecular weight excluding hydrogens is 424 g/mol. The number of nitrogens with zero attached hydrogens (tertiary/aromatic N) is 4. The zero-order chi connectivity index (χ0) is 22.9. The van der Waals surface area contributed by atoms with E-state index in [1.54, 1.807) is 0 Å². The summed E-state index contributed by atoms with van der Waals surface area (Å²) in [6, 6.07) is 11.3. The fourth-order valence-electron chi connectivity index (χ4n) is 3.70. The molecule has 4 heterocycles. The maximum atomic E-state index is 6.99. The van der Waals surface area contributed by atoms with Crippen molar-refractivity contribution in [3.05, 3.63) is 42.1 Å². The molecule has 0 aliphatic carbocycles. The van der Waals surface area contributed by atoms with E-state index in [0.717, 1.165) is 75.8 Å². The van der Waals surface area contributed by atoms with Crippen molar-refractivity contribution in [2.24, 2.45) is 0 Å². The van der Waals surface area contributed by atoms with Crippen LogP contribution in [-0.4, -0.2) is 87.0 Å². The third kappa shape index (κ3) is 6.41. The Morgan fingerprint density at radius 2 is 1.76 bits per heavy atom. The van der Waals surface area contributed by atoms with E-state index in [0.29, 0.717) is 24.0 Å². The van der Waals surface area contributed by atoms with Crippen molar-refractivity contribution >= 4 is 28.7 Å². The van der Waals surface area contributed by atoms with Crippen LogP contribution in [-0.2, 0) is 9.47 Å². The number of nitrogens with two attached hydrogens (primary N) is 1. The van der Waals surface area contributed by atoms with E-state index in [2.05, 4.69) is 19.9 Å². The first-order chi connectivity index (χ1) is 16.2. The molecule has 0 atom stereocenters. The highest BCUT2D eigenvalue weighted by molar-refractivity contribution is 5.94. The second-order valence-electron chi connectivity index (χ2n) is 7.70. The average Bonchev–Trinajstić information content (AvgIpc) is 3.29. The molecule has 10 nitrogen and oxygen atoms in total. The Balaban J connectivity index is 0.000000196. The number of morpholine rings is 2. The van der Waals surface area contributed by atoms with Crippen LogP contribution in [0.2, 0.25) is 0 Å². The maximum Gasteiger partial charge on any atom is 0.217 e. The van der Waals surface area contributed by atoms with Crippen LogP contribution in [0.25, 0.3) is 11.0 Å². The summed E-state index contributed by atoms with van der Waals surface area (Å²) in [5.74, 6) is 1.08. The second-order valence-corrected chi connectivity index (χ2v) is 7.70. The lowest BCUT2D eigenvalue weighted by molar-refractivity contribution is 0.0320. The lowest BCUT2D eigenvalue weighted by Crippen LogP contribution is -2.38. The van der Waals surface area contributed by atoms with Crippen LogP contribution < -0.4 is 15.4 Å². The average molecular weight is 455 g/mol. The fourth-order valence-corrected chi connectivity index (χ4v) is 3.70. The number of hydrogen-bond acceptors (Lipinski definition) is 10. The molecule has 2 aromatic heterocycles. The fraction of sp³-hybridized carbons (Fsp3) is 0.435. The zero-order valence-corrected chi connectivity index (χ0v) is 18.6. The first-order valence-corrected chi connectivity index (χ1v) is 11.1. The number of para-hydroxylation sites is 1. The van der Waals surface area contributed by atoms with Crippen molar-refractivity contribution in [1.82, 2.24) is 15.0 Å². The molecular formula is C23H30N6O4. The van der Waals surface area contributed by atoms with Gasteiger partial charge in [-0.2, -0.15) is 4.98 Å². The highest BCUT2D eigenvalue weighted by atomic mass is 16.5. The van der Waals surface area contributed by atoms with Crippen LogP contribution in [0.15, 0.2) is 40.9 Å². The van der Waals surface area contributed by atoms with Gasteiger partial charge in [0.15, 0.2) is 5.58 Å². The predicted octanol–water partition coefficient (Wildman–Crippen LogP) is 2.04. The molecule has 5 rings (SSSR count). The van der Waals surface area contributed by atoms with Gasteiger partial charge in [-0.25, -0.2) is 0 Å². The Labute approximate surface area is 192 Å². The van der Waals surface area contributed by atoms with Crippen LogP contribution in [0.3, 0.4) is 0 Å². The number of anilines is 2. The molecule has 33 heavy (non-hydrogen) atoms. The van der Waals surface area contributed by atoms with Crippen molar-refractivity contribution in [1.29, 1.82) is 5.41 Å². The van der Waals surface area contributed by atoms with Crippen LogP contribution >= 0.6 is 0 Å². The van der Waals surface area contributed by atoms with Gasteiger partial charge in [-0.15, -0.1) is 0 Å². The van der Waals surface area contributed by atoms with E-state index in [1.807, 2.05) is 36.4 Å². The normalized spacial score (nSPS) is 16.8. The summed E-state index contributed by atoms with van der Waals surface area (Å²) in [4.78, 5) is 8.84. The van der Waals surface area contributed by atoms with Crippen molar-refractivity contribution in [3.63, 3.8) is 0 Å². The van der Waals surface area contributed by atoms with Gasteiger partial charge in [-0.3, -0.25) is 4.90 Å². The topological polar surface area (TPSA) is 123 Å². The summed E-state index contributed by atoms with van der Waals surface area (Å²) >= 11 is 0. The van der Waals surface area contributed by atoms with Gasteiger partial charge in [0.25, 0.3) is 0 Å². The molecule has 0 bridgehead atoms. The number of hydrogen-bond donors (Lipinski definition) is 2. The van der Waals surface area contributed by atoms with Crippen molar-refractivity contribution in [3.8, 4) is 5.88 Å². The Bertz CT molecular complexity index is 1030. The Hall–Kier alpha value is -3.21. The van der Waals surface area contributed by atoms with Crippen LogP contribution in [0.5, 0.6) is 5.88 Å². The Morgan fingerprint density at radius 3 is 2.52 bits per heavy atom. The quantitative estimate of drug-likeness (QED) is 0.539. The molecule has 176 valence electrons. The van der Waals surface area contributed by atoms with E-state index in [1.165, 1.54) is 6.21 Å². The summed E-state index contributed by atoms with van der Waals surface area (Å²) in [5.41, 5.74) is 8.27. The molecule has 0 radical (unpaired) electrons. The summed E-state index contributed by atoms with van der Waals surface area (Å²) in [6.45, 7) is 8.26. The smallest absolute Gasteiger partial charge is 0.217 e. The molecule has 10 heteroatoms. The third-order valence-electron chi connectivity index (χ3n) is 5.49. The van der Waals surface area contributed by atoms with Gasteiger partial charge in [-0.05, 0) is 12.1 Å². The number of nitrogen functional groups attached to an aromatic ring is 1. The standard InChI is InChI=1S/C15H24N4O3.C8H6N2O/c16-14-11-13(19-4-8-21-9-5-19)12-15(17-14)22-10-3-18-1-6-20-7-2-18;9-5-7-6-3-1-2-4-8(6)11-10-7/h11-12H,1-10H2,(H2,16,17);1-5,9H. The zero-order valence-electron chi connectivity index (χ0n) is 18.6.